The molecule has 1 aromatic heterocycles. The van der Waals surface area contributed by atoms with Crippen molar-refractivity contribution in [3.63, 3.8) is 0 Å². The Morgan fingerprint density at radius 3 is 2.64 bits per heavy atom. The zero-order valence-electron chi connectivity index (χ0n) is 14.0. The van der Waals surface area contributed by atoms with E-state index in [1.165, 1.54) is 0 Å². The molecule has 0 saturated heterocycles. The zero-order chi connectivity index (χ0) is 17.8. The third kappa shape index (κ3) is 4.09. The van der Waals surface area contributed by atoms with E-state index in [0.717, 1.165) is 27.0 Å². The van der Waals surface area contributed by atoms with Gasteiger partial charge in [0.05, 0.1) is 12.3 Å². The third-order valence-corrected chi connectivity index (χ3v) is 4.59. The fourth-order valence-corrected chi connectivity index (χ4v) is 2.64. The van der Waals surface area contributed by atoms with Crippen LogP contribution in [0.25, 0.3) is 11.3 Å². The van der Waals surface area contributed by atoms with Crippen LogP contribution in [0.15, 0.2) is 53.0 Å². The standard InChI is InChI=1S/C19H18BrN3O2/c1-3-25-15-7-4-13(5-8-15)17-11-18(23-22-17)19(24)21-14-6-9-16(20)12(2)10-14/h4-11H,3H2,1-2H3,(H,21,24)(H,22,23). The van der Waals surface area contributed by atoms with Crippen molar-refractivity contribution < 1.29 is 9.53 Å². The molecule has 1 heterocycles. The first-order chi connectivity index (χ1) is 12.1. The number of hydrogen-bond donors (Lipinski definition) is 2. The van der Waals surface area contributed by atoms with Gasteiger partial charge in [0.15, 0.2) is 0 Å². The monoisotopic (exact) mass is 399 g/mol. The van der Waals surface area contributed by atoms with Gasteiger partial charge in [-0.3, -0.25) is 9.89 Å². The number of nitrogens with one attached hydrogen (secondary N) is 2. The van der Waals surface area contributed by atoms with Crippen molar-refractivity contribution >= 4 is 27.5 Å². The van der Waals surface area contributed by atoms with Crippen LogP contribution in [0, 0.1) is 6.92 Å². The van der Waals surface area contributed by atoms with Crippen LogP contribution in [0.5, 0.6) is 5.75 Å². The molecular weight excluding hydrogens is 382 g/mol. The molecule has 2 aromatic carbocycles. The zero-order valence-corrected chi connectivity index (χ0v) is 15.6. The van der Waals surface area contributed by atoms with E-state index >= 15 is 0 Å². The Morgan fingerprint density at radius 1 is 1.20 bits per heavy atom. The summed E-state index contributed by atoms with van der Waals surface area (Å²) in [6.45, 7) is 4.54. The number of aromatic nitrogens is 2. The van der Waals surface area contributed by atoms with Gasteiger partial charge in [-0.25, -0.2) is 0 Å². The number of rotatable bonds is 5. The summed E-state index contributed by atoms with van der Waals surface area (Å²) in [5, 5.41) is 9.88. The minimum absolute atomic E-state index is 0.230. The molecule has 0 aliphatic heterocycles. The summed E-state index contributed by atoms with van der Waals surface area (Å²) in [4.78, 5) is 12.4. The molecule has 0 aliphatic carbocycles. The molecule has 0 spiro atoms. The molecule has 0 saturated carbocycles. The molecule has 0 radical (unpaired) electrons. The van der Waals surface area contributed by atoms with Gasteiger partial charge in [0.25, 0.3) is 5.91 Å². The lowest BCUT2D eigenvalue weighted by Gasteiger charge is -2.05. The van der Waals surface area contributed by atoms with Crippen LogP contribution >= 0.6 is 15.9 Å². The lowest BCUT2D eigenvalue weighted by Crippen LogP contribution is -2.12. The lowest BCUT2D eigenvalue weighted by molar-refractivity contribution is 0.102. The molecule has 25 heavy (non-hydrogen) atoms. The number of H-pyrrole nitrogens is 1. The van der Waals surface area contributed by atoms with Crippen LogP contribution < -0.4 is 10.1 Å². The summed E-state index contributed by atoms with van der Waals surface area (Å²) in [7, 11) is 0. The summed E-state index contributed by atoms with van der Waals surface area (Å²) in [6, 6.07) is 15.0. The molecule has 2 N–H and O–H groups in total. The first kappa shape index (κ1) is 17.2. The van der Waals surface area contributed by atoms with Crippen LogP contribution in [0.3, 0.4) is 0 Å². The first-order valence-electron chi connectivity index (χ1n) is 7.93. The number of nitrogens with zero attached hydrogens (tertiary/aromatic N) is 1. The molecule has 1 amide bonds. The molecular formula is C19H18BrN3O2. The normalized spacial score (nSPS) is 10.5. The van der Waals surface area contributed by atoms with Crippen molar-refractivity contribution in [1.82, 2.24) is 10.2 Å². The van der Waals surface area contributed by atoms with E-state index in [4.69, 9.17) is 4.74 Å². The maximum atomic E-state index is 12.4. The second kappa shape index (κ2) is 7.53. The van der Waals surface area contributed by atoms with Gasteiger partial charge in [-0.1, -0.05) is 15.9 Å². The Balaban J connectivity index is 1.73. The second-order valence-corrected chi connectivity index (χ2v) is 6.40. The number of carbonyl (C=O) groups is 1. The van der Waals surface area contributed by atoms with E-state index in [2.05, 4.69) is 31.4 Å². The number of halogens is 1. The number of carbonyl (C=O) groups excluding carboxylic acids is 1. The van der Waals surface area contributed by atoms with Gasteiger partial charge in [0.1, 0.15) is 11.4 Å². The van der Waals surface area contributed by atoms with E-state index in [-0.39, 0.29) is 5.91 Å². The van der Waals surface area contributed by atoms with Gasteiger partial charge < -0.3 is 10.1 Å². The minimum atomic E-state index is -0.230. The fourth-order valence-electron chi connectivity index (χ4n) is 2.40. The Morgan fingerprint density at radius 2 is 1.96 bits per heavy atom. The van der Waals surface area contributed by atoms with Gasteiger partial charge in [0.2, 0.25) is 0 Å². The number of ether oxygens (including phenoxy) is 1. The average Bonchev–Trinajstić information content (AvgIpc) is 3.09. The second-order valence-electron chi connectivity index (χ2n) is 5.54. The Kier molecular flexibility index (Phi) is 5.19. The van der Waals surface area contributed by atoms with Crippen molar-refractivity contribution in [1.29, 1.82) is 0 Å². The summed E-state index contributed by atoms with van der Waals surface area (Å²) in [6.07, 6.45) is 0. The summed E-state index contributed by atoms with van der Waals surface area (Å²) >= 11 is 3.45. The highest BCUT2D eigenvalue weighted by Gasteiger charge is 2.12. The number of aromatic amines is 1. The van der Waals surface area contributed by atoms with E-state index < -0.39 is 0 Å². The van der Waals surface area contributed by atoms with Crippen LogP contribution in [0.4, 0.5) is 5.69 Å². The highest BCUT2D eigenvalue weighted by Crippen LogP contribution is 2.23. The SMILES string of the molecule is CCOc1ccc(-c2cc(C(=O)Nc3ccc(Br)c(C)c3)[nH]n2)cc1. The maximum absolute atomic E-state index is 12.4. The van der Waals surface area contributed by atoms with Crippen LogP contribution in [0.2, 0.25) is 0 Å². The Labute approximate surface area is 154 Å². The molecule has 0 atom stereocenters. The van der Waals surface area contributed by atoms with Gasteiger partial charge >= 0.3 is 0 Å². The molecule has 3 aromatic rings. The van der Waals surface area contributed by atoms with Crippen molar-refractivity contribution in [3.05, 3.63) is 64.3 Å². The minimum Gasteiger partial charge on any atom is -0.494 e. The summed E-state index contributed by atoms with van der Waals surface area (Å²) in [5.41, 5.74) is 3.82. The van der Waals surface area contributed by atoms with Gasteiger partial charge in [-0.05, 0) is 67.9 Å². The predicted molar refractivity (Wildman–Crippen MR) is 102 cm³/mol. The average molecular weight is 400 g/mol. The van der Waals surface area contributed by atoms with Crippen molar-refractivity contribution in [3.8, 4) is 17.0 Å². The third-order valence-electron chi connectivity index (χ3n) is 3.70. The first-order valence-corrected chi connectivity index (χ1v) is 8.72. The van der Waals surface area contributed by atoms with Crippen molar-refractivity contribution in [2.75, 3.05) is 11.9 Å². The van der Waals surface area contributed by atoms with Crippen molar-refractivity contribution in [2.24, 2.45) is 0 Å². The molecule has 6 heteroatoms. The largest absolute Gasteiger partial charge is 0.494 e. The van der Waals surface area contributed by atoms with Gasteiger partial charge in [-0.15, -0.1) is 0 Å². The van der Waals surface area contributed by atoms with Crippen molar-refractivity contribution in [2.45, 2.75) is 13.8 Å². The molecule has 128 valence electrons. The number of amides is 1. The van der Waals surface area contributed by atoms with E-state index in [9.17, 15) is 4.79 Å². The van der Waals surface area contributed by atoms with Crippen LogP contribution in [0.1, 0.15) is 23.0 Å². The van der Waals surface area contributed by atoms with Gasteiger partial charge in [-0.2, -0.15) is 5.10 Å². The number of anilines is 1. The molecule has 0 aliphatic rings. The Bertz CT molecular complexity index is 888. The van der Waals surface area contributed by atoms with Crippen LogP contribution in [-0.4, -0.2) is 22.7 Å². The molecule has 5 nitrogen and oxygen atoms in total. The topological polar surface area (TPSA) is 67.0 Å². The van der Waals surface area contributed by atoms with E-state index in [0.29, 0.717) is 18.0 Å². The molecule has 3 rings (SSSR count). The fraction of sp³-hybridized carbons (Fsp3) is 0.158. The summed E-state index contributed by atoms with van der Waals surface area (Å²) in [5.74, 6) is 0.580. The predicted octanol–water partition coefficient (Wildman–Crippen LogP) is 4.80. The molecule has 0 bridgehead atoms. The maximum Gasteiger partial charge on any atom is 0.273 e. The summed E-state index contributed by atoms with van der Waals surface area (Å²) < 4.78 is 6.43. The quantitative estimate of drug-likeness (QED) is 0.647. The molecule has 0 unspecified atom stereocenters. The van der Waals surface area contributed by atoms with E-state index in [1.807, 2.05) is 56.3 Å². The van der Waals surface area contributed by atoms with E-state index in [1.54, 1.807) is 6.07 Å². The highest BCUT2D eigenvalue weighted by molar-refractivity contribution is 9.10. The number of aryl methyl sites for hydroxylation is 1. The smallest absolute Gasteiger partial charge is 0.273 e. The number of hydrogen-bond acceptors (Lipinski definition) is 3. The molecule has 0 fully saturated rings. The lowest BCUT2D eigenvalue weighted by atomic mass is 10.1. The highest BCUT2D eigenvalue weighted by atomic mass is 79.9. The van der Waals surface area contributed by atoms with Gasteiger partial charge in [0, 0.05) is 15.7 Å². The van der Waals surface area contributed by atoms with Crippen LogP contribution in [-0.2, 0) is 0 Å². The Hall–Kier alpha value is -2.60. The number of benzene rings is 2.